The highest BCUT2D eigenvalue weighted by atomic mass is 17.1. The molecule has 23 heavy (non-hydrogen) atoms. The third-order valence-electron chi connectivity index (χ3n) is 4.92. The summed E-state index contributed by atoms with van der Waals surface area (Å²) in [5, 5.41) is 17.9. The van der Waals surface area contributed by atoms with Crippen molar-refractivity contribution in [1.82, 2.24) is 0 Å². The number of hydrogen-bond acceptors (Lipinski definition) is 3. The molecule has 0 aromatic carbocycles. The van der Waals surface area contributed by atoms with E-state index < -0.39 is 5.60 Å². The molecule has 0 unspecified atom stereocenters. The molecule has 0 fully saturated rings. The van der Waals surface area contributed by atoms with Gasteiger partial charge in [-0.15, -0.1) is 0 Å². The summed E-state index contributed by atoms with van der Waals surface area (Å²) in [5.74, 6) is 0. The Balaban J connectivity index is 3.21. The second-order valence-corrected chi connectivity index (χ2v) is 7.36. The lowest BCUT2D eigenvalue weighted by molar-refractivity contribution is -0.323. The van der Waals surface area contributed by atoms with Gasteiger partial charge < -0.3 is 5.11 Å². The van der Waals surface area contributed by atoms with Crippen LogP contribution in [-0.2, 0) is 4.89 Å². The SMILES string of the molecule is CCCCCCCCCCCCCCCC[C@@](C)(CCO)OO. The number of rotatable bonds is 18. The van der Waals surface area contributed by atoms with Gasteiger partial charge in [0.2, 0.25) is 0 Å². The van der Waals surface area contributed by atoms with Crippen LogP contribution in [0.3, 0.4) is 0 Å². The van der Waals surface area contributed by atoms with Crippen molar-refractivity contribution in [2.24, 2.45) is 0 Å². The molecule has 0 radical (unpaired) electrons. The van der Waals surface area contributed by atoms with E-state index in [1.807, 2.05) is 6.92 Å². The maximum atomic E-state index is 8.96. The molecule has 0 amide bonds. The molecule has 0 aromatic rings. The molecule has 0 aliphatic carbocycles. The molecular formula is C20H42O3. The maximum absolute atomic E-state index is 8.96. The van der Waals surface area contributed by atoms with Crippen molar-refractivity contribution in [3.63, 3.8) is 0 Å². The Hall–Kier alpha value is -0.120. The maximum Gasteiger partial charge on any atom is 0.103 e. The smallest absolute Gasteiger partial charge is 0.103 e. The van der Waals surface area contributed by atoms with Crippen LogP contribution in [0.25, 0.3) is 0 Å². The van der Waals surface area contributed by atoms with Crippen LogP contribution in [0.15, 0.2) is 0 Å². The summed E-state index contributed by atoms with van der Waals surface area (Å²) in [5.41, 5.74) is -0.564. The Morgan fingerprint density at radius 2 is 1.04 bits per heavy atom. The average Bonchev–Trinajstić information content (AvgIpc) is 2.55. The van der Waals surface area contributed by atoms with Gasteiger partial charge in [0.25, 0.3) is 0 Å². The second kappa shape index (κ2) is 16.7. The van der Waals surface area contributed by atoms with Crippen LogP contribution >= 0.6 is 0 Å². The van der Waals surface area contributed by atoms with E-state index in [0.29, 0.717) is 6.42 Å². The lowest BCUT2D eigenvalue weighted by atomic mass is 9.94. The Morgan fingerprint density at radius 1 is 0.652 bits per heavy atom. The Labute approximate surface area is 144 Å². The van der Waals surface area contributed by atoms with Crippen LogP contribution < -0.4 is 0 Å². The summed E-state index contributed by atoms with van der Waals surface area (Å²) in [6.45, 7) is 4.20. The van der Waals surface area contributed by atoms with Gasteiger partial charge in [0, 0.05) is 13.0 Å². The van der Waals surface area contributed by atoms with Gasteiger partial charge in [0.1, 0.15) is 5.60 Å². The molecule has 0 aliphatic heterocycles. The van der Waals surface area contributed by atoms with Crippen molar-refractivity contribution in [2.75, 3.05) is 6.61 Å². The minimum atomic E-state index is -0.564. The molecule has 2 N–H and O–H groups in total. The molecule has 0 spiro atoms. The van der Waals surface area contributed by atoms with Crippen LogP contribution in [0.2, 0.25) is 0 Å². The molecule has 3 nitrogen and oxygen atoms in total. The molecule has 0 rings (SSSR count). The van der Waals surface area contributed by atoms with Gasteiger partial charge >= 0.3 is 0 Å². The Bertz CT molecular complexity index is 233. The second-order valence-electron chi connectivity index (χ2n) is 7.36. The zero-order valence-corrected chi connectivity index (χ0v) is 15.8. The fraction of sp³-hybridized carbons (Fsp3) is 1.00. The van der Waals surface area contributed by atoms with Crippen molar-refractivity contribution in [3.05, 3.63) is 0 Å². The number of hydrogen-bond donors (Lipinski definition) is 2. The van der Waals surface area contributed by atoms with E-state index in [2.05, 4.69) is 11.8 Å². The third kappa shape index (κ3) is 15.2. The van der Waals surface area contributed by atoms with E-state index in [0.717, 1.165) is 12.8 Å². The molecule has 0 bridgehead atoms. The van der Waals surface area contributed by atoms with Gasteiger partial charge in [-0.25, -0.2) is 4.89 Å². The first-order valence-electron chi connectivity index (χ1n) is 10.1. The predicted octanol–water partition coefficient (Wildman–Crippen LogP) is 6.49. The molecule has 0 saturated heterocycles. The molecule has 1 atom stereocenters. The van der Waals surface area contributed by atoms with Crippen molar-refractivity contribution < 1.29 is 15.3 Å². The summed E-state index contributed by atoms with van der Waals surface area (Å²) in [7, 11) is 0. The van der Waals surface area contributed by atoms with E-state index in [1.165, 1.54) is 83.5 Å². The normalized spacial score (nSPS) is 14.1. The molecule has 3 heteroatoms. The van der Waals surface area contributed by atoms with Gasteiger partial charge in [0.05, 0.1) is 0 Å². The van der Waals surface area contributed by atoms with Gasteiger partial charge in [-0.3, -0.25) is 5.26 Å². The van der Waals surface area contributed by atoms with Crippen LogP contribution in [0, 0.1) is 0 Å². The van der Waals surface area contributed by atoms with Crippen molar-refractivity contribution in [3.8, 4) is 0 Å². The third-order valence-corrected chi connectivity index (χ3v) is 4.92. The van der Waals surface area contributed by atoms with Gasteiger partial charge in [-0.05, 0) is 13.3 Å². The highest BCUT2D eigenvalue weighted by Gasteiger charge is 2.24. The Kier molecular flexibility index (Phi) is 16.6. The van der Waals surface area contributed by atoms with Crippen molar-refractivity contribution >= 4 is 0 Å². The van der Waals surface area contributed by atoms with Crippen LogP contribution in [-0.4, -0.2) is 22.6 Å². The zero-order chi connectivity index (χ0) is 17.2. The average molecular weight is 331 g/mol. The quantitative estimate of drug-likeness (QED) is 0.171. The molecule has 140 valence electrons. The first kappa shape index (κ1) is 22.9. The molecular weight excluding hydrogens is 288 g/mol. The summed E-state index contributed by atoms with van der Waals surface area (Å²) >= 11 is 0. The number of unbranched alkanes of at least 4 members (excludes halogenated alkanes) is 13. The van der Waals surface area contributed by atoms with Crippen molar-refractivity contribution in [1.29, 1.82) is 0 Å². The highest BCUT2D eigenvalue weighted by molar-refractivity contribution is 4.73. The van der Waals surface area contributed by atoms with E-state index in [1.54, 1.807) is 0 Å². The standard InChI is InChI=1S/C20H42O3/c1-3-4-5-6-7-8-9-10-11-12-13-14-15-16-17-20(2,23-22)18-19-21/h21-22H,3-19H2,1-2H3/t20-/m0/s1. The highest BCUT2D eigenvalue weighted by Crippen LogP contribution is 2.22. The first-order chi connectivity index (χ1) is 11.2. The number of aliphatic hydroxyl groups is 1. The van der Waals surface area contributed by atoms with Crippen molar-refractivity contribution in [2.45, 2.75) is 122 Å². The lowest BCUT2D eigenvalue weighted by Gasteiger charge is -2.24. The summed E-state index contributed by atoms with van der Waals surface area (Å²) in [6.07, 6.45) is 20.2. The van der Waals surface area contributed by atoms with Gasteiger partial charge in [-0.1, -0.05) is 96.8 Å². The minimum Gasteiger partial charge on any atom is -0.396 e. The van der Waals surface area contributed by atoms with Crippen LogP contribution in [0.5, 0.6) is 0 Å². The summed E-state index contributed by atoms with van der Waals surface area (Å²) < 4.78 is 0. The van der Waals surface area contributed by atoms with E-state index in [4.69, 9.17) is 10.4 Å². The van der Waals surface area contributed by atoms with E-state index in [-0.39, 0.29) is 6.61 Å². The monoisotopic (exact) mass is 330 g/mol. The van der Waals surface area contributed by atoms with Crippen LogP contribution in [0.1, 0.15) is 117 Å². The largest absolute Gasteiger partial charge is 0.396 e. The summed E-state index contributed by atoms with van der Waals surface area (Å²) in [4.78, 5) is 4.53. The topological polar surface area (TPSA) is 49.7 Å². The Morgan fingerprint density at radius 3 is 1.39 bits per heavy atom. The van der Waals surface area contributed by atoms with Crippen LogP contribution in [0.4, 0.5) is 0 Å². The van der Waals surface area contributed by atoms with Gasteiger partial charge in [0.15, 0.2) is 0 Å². The first-order valence-corrected chi connectivity index (χ1v) is 10.1. The predicted molar refractivity (Wildman–Crippen MR) is 98.8 cm³/mol. The van der Waals surface area contributed by atoms with E-state index in [9.17, 15) is 0 Å². The molecule has 0 saturated carbocycles. The minimum absolute atomic E-state index is 0.0651. The molecule has 0 aliphatic rings. The fourth-order valence-electron chi connectivity index (χ4n) is 3.15. The molecule has 0 aromatic heterocycles. The zero-order valence-electron chi connectivity index (χ0n) is 15.8. The molecule has 0 heterocycles. The number of aliphatic hydroxyl groups excluding tert-OH is 1. The lowest BCUT2D eigenvalue weighted by Crippen LogP contribution is -2.28. The summed E-state index contributed by atoms with van der Waals surface area (Å²) in [6, 6.07) is 0. The van der Waals surface area contributed by atoms with E-state index >= 15 is 0 Å². The fourth-order valence-corrected chi connectivity index (χ4v) is 3.15. The van der Waals surface area contributed by atoms with Gasteiger partial charge in [-0.2, -0.15) is 0 Å².